The second-order valence-electron chi connectivity index (χ2n) is 4.51. The molecule has 0 aliphatic rings. The Morgan fingerprint density at radius 1 is 1.11 bits per heavy atom. The fourth-order valence-electron chi connectivity index (χ4n) is 1.93. The Bertz CT molecular complexity index is 558. The molecule has 0 saturated carbocycles. The van der Waals surface area contributed by atoms with Gasteiger partial charge in [-0.3, -0.25) is 4.98 Å². The molecule has 2 nitrogen and oxygen atoms in total. The molecule has 0 bridgehead atoms. The highest BCUT2D eigenvalue weighted by atomic mass is 19.2. The van der Waals surface area contributed by atoms with Crippen molar-refractivity contribution < 1.29 is 13.9 Å². The second kappa shape index (κ2) is 5.89. The van der Waals surface area contributed by atoms with Crippen LogP contribution < -0.4 is 0 Å². The SMILES string of the molecule is Cc1ccc(C(O)CCc2ccncc2)c(F)c1F. The summed E-state index contributed by atoms with van der Waals surface area (Å²) in [6.07, 6.45) is 3.23. The van der Waals surface area contributed by atoms with E-state index in [1.54, 1.807) is 12.4 Å². The van der Waals surface area contributed by atoms with E-state index in [-0.39, 0.29) is 11.1 Å². The van der Waals surface area contributed by atoms with Crippen LogP contribution in [-0.4, -0.2) is 10.1 Å². The molecule has 1 N–H and O–H groups in total. The Labute approximate surface area is 110 Å². The van der Waals surface area contributed by atoms with Gasteiger partial charge in [0.05, 0.1) is 6.10 Å². The van der Waals surface area contributed by atoms with Crippen molar-refractivity contribution in [2.24, 2.45) is 0 Å². The molecule has 2 rings (SSSR count). The van der Waals surface area contributed by atoms with E-state index in [0.29, 0.717) is 12.8 Å². The minimum atomic E-state index is -1.01. The lowest BCUT2D eigenvalue weighted by Crippen LogP contribution is -2.05. The Kier molecular flexibility index (Phi) is 4.22. The number of benzene rings is 1. The zero-order valence-electron chi connectivity index (χ0n) is 10.6. The summed E-state index contributed by atoms with van der Waals surface area (Å²) >= 11 is 0. The highest BCUT2D eigenvalue weighted by Gasteiger charge is 2.17. The minimum Gasteiger partial charge on any atom is -0.388 e. The van der Waals surface area contributed by atoms with Gasteiger partial charge < -0.3 is 5.11 Å². The summed E-state index contributed by atoms with van der Waals surface area (Å²) < 4.78 is 27.1. The third-order valence-corrected chi connectivity index (χ3v) is 3.12. The molecule has 1 aromatic heterocycles. The number of aliphatic hydroxyl groups excluding tert-OH is 1. The summed E-state index contributed by atoms with van der Waals surface area (Å²) in [6.45, 7) is 1.49. The maximum atomic E-state index is 13.7. The van der Waals surface area contributed by atoms with Gasteiger partial charge in [-0.25, -0.2) is 8.78 Å². The van der Waals surface area contributed by atoms with Crippen LogP contribution in [0, 0.1) is 18.6 Å². The summed E-state index contributed by atoms with van der Waals surface area (Å²) in [4.78, 5) is 3.89. The Balaban J connectivity index is 2.08. The van der Waals surface area contributed by atoms with Gasteiger partial charge in [-0.15, -0.1) is 0 Å². The predicted molar refractivity (Wildman–Crippen MR) is 68.6 cm³/mol. The molecule has 0 aliphatic carbocycles. The third-order valence-electron chi connectivity index (χ3n) is 3.12. The summed E-state index contributed by atoms with van der Waals surface area (Å²) in [5.74, 6) is -1.84. The number of hydrogen-bond donors (Lipinski definition) is 1. The van der Waals surface area contributed by atoms with Gasteiger partial charge in [-0.05, 0) is 43.0 Å². The first-order valence-corrected chi connectivity index (χ1v) is 6.11. The molecule has 0 amide bonds. The fourth-order valence-corrected chi connectivity index (χ4v) is 1.93. The third kappa shape index (κ3) is 3.15. The molecule has 4 heteroatoms. The molecular weight excluding hydrogens is 248 g/mol. The molecule has 2 aromatic rings. The molecule has 100 valence electrons. The van der Waals surface area contributed by atoms with Crippen LogP contribution in [0.2, 0.25) is 0 Å². The van der Waals surface area contributed by atoms with Gasteiger partial charge in [0.1, 0.15) is 0 Å². The smallest absolute Gasteiger partial charge is 0.164 e. The van der Waals surface area contributed by atoms with Crippen molar-refractivity contribution in [3.8, 4) is 0 Å². The van der Waals surface area contributed by atoms with E-state index >= 15 is 0 Å². The molecule has 19 heavy (non-hydrogen) atoms. The quantitative estimate of drug-likeness (QED) is 0.917. The highest BCUT2D eigenvalue weighted by Crippen LogP contribution is 2.24. The Morgan fingerprint density at radius 2 is 1.79 bits per heavy atom. The molecule has 1 unspecified atom stereocenters. The van der Waals surface area contributed by atoms with Crippen molar-refractivity contribution >= 4 is 0 Å². The van der Waals surface area contributed by atoms with Crippen LogP contribution in [0.15, 0.2) is 36.7 Å². The molecule has 0 radical (unpaired) electrons. The van der Waals surface area contributed by atoms with Crippen LogP contribution in [0.25, 0.3) is 0 Å². The number of nitrogens with zero attached hydrogens (tertiary/aromatic N) is 1. The zero-order valence-corrected chi connectivity index (χ0v) is 10.6. The molecule has 1 atom stereocenters. The average Bonchev–Trinajstić information content (AvgIpc) is 2.43. The monoisotopic (exact) mass is 263 g/mol. The van der Waals surface area contributed by atoms with Crippen LogP contribution in [0.3, 0.4) is 0 Å². The second-order valence-corrected chi connectivity index (χ2v) is 4.51. The lowest BCUT2D eigenvalue weighted by molar-refractivity contribution is 0.162. The van der Waals surface area contributed by atoms with Crippen LogP contribution in [-0.2, 0) is 6.42 Å². The van der Waals surface area contributed by atoms with Crippen molar-refractivity contribution in [3.63, 3.8) is 0 Å². The van der Waals surface area contributed by atoms with Gasteiger partial charge in [0.25, 0.3) is 0 Å². The number of aromatic nitrogens is 1. The van der Waals surface area contributed by atoms with E-state index in [9.17, 15) is 13.9 Å². The van der Waals surface area contributed by atoms with Crippen molar-refractivity contribution in [3.05, 3.63) is 65.0 Å². The van der Waals surface area contributed by atoms with Gasteiger partial charge in [0.15, 0.2) is 11.6 Å². The Morgan fingerprint density at radius 3 is 2.47 bits per heavy atom. The maximum absolute atomic E-state index is 13.7. The van der Waals surface area contributed by atoms with Crippen LogP contribution in [0.4, 0.5) is 8.78 Å². The summed E-state index contributed by atoms with van der Waals surface area (Å²) in [5.41, 5.74) is 1.25. The minimum absolute atomic E-state index is 0.0113. The topological polar surface area (TPSA) is 33.1 Å². The summed E-state index contributed by atoms with van der Waals surface area (Å²) in [5, 5.41) is 9.96. The number of aryl methyl sites for hydroxylation is 2. The van der Waals surface area contributed by atoms with Crippen LogP contribution in [0.5, 0.6) is 0 Å². The normalized spacial score (nSPS) is 12.4. The van der Waals surface area contributed by atoms with Crippen molar-refractivity contribution in [1.29, 1.82) is 0 Å². The van der Waals surface area contributed by atoms with Gasteiger partial charge in [-0.2, -0.15) is 0 Å². The standard InChI is InChI=1S/C15H15F2NO/c1-10-2-4-12(15(17)14(10)16)13(19)5-3-11-6-8-18-9-7-11/h2,4,6-9,13,19H,3,5H2,1H3. The Hall–Kier alpha value is -1.81. The molecule has 1 heterocycles. The average molecular weight is 263 g/mol. The van der Waals surface area contributed by atoms with Crippen molar-refractivity contribution in [2.75, 3.05) is 0 Å². The number of aliphatic hydroxyl groups is 1. The number of pyridine rings is 1. The van der Waals surface area contributed by atoms with E-state index in [2.05, 4.69) is 4.98 Å². The van der Waals surface area contributed by atoms with Gasteiger partial charge in [0, 0.05) is 18.0 Å². The van der Waals surface area contributed by atoms with Crippen molar-refractivity contribution in [2.45, 2.75) is 25.9 Å². The van der Waals surface area contributed by atoms with E-state index in [1.807, 2.05) is 12.1 Å². The van der Waals surface area contributed by atoms with Gasteiger partial charge >= 0.3 is 0 Å². The molecule has 0 fully saturated rings. The van der Waals surface area contributed by atoms with Gasteiger partial charge in [0.2, 0.25) is 0 Å². The van der Waals surface area contributed by atoms with Crippen LogP contribution in [0.1, 0.15) is 29.2 Å². The molecule has 0 saturated heterocycles. The molecule has 1 aromatic carbocycles. The van der Waals surface area contributed by atoms with Crippen molar-refractivity contribution in [1.82, 2.24) is 4.98 Å². The van der Waals surface area contributed by atoms with E-state index in [0.717, 1.165) is 5.56 Å². The van der Waals surface area contributed by atoms with Gasteiger partial charge in [-0.1, -0.05) is 12.1 Å². The zero-order chi connectivity index (χ0) is 13.8. The lowest BCUT2D eigenvalue weighted by atomic mass is 10.00. The largest absolute Gasteiger partial charge is 0.388 e. The number of halogens is 2. The first-order chi connectivity index (χ1) is 9.09. The van der Waals surface area contributed by atoms with E-state index in [4.69, 9.17) is 0 Å². The molecule has 0 spiro atoms. The fraction of sp³-hybridized carbons (Fsp3) is 0.267. The number of hydrogen-bond acceptors (Lipinski definition) is 2. The first kappa shape index (κ1) is 13.6. The lowest BCUT2D eigenvalue weighted by Gasteiger charge is -2.13. The summed E-state index contributed by atoms with van der Waals surface area (Å²) in [6, 6.07) is 6.58. The number of rotatable bonds is 4. The van der Waals surface area contributed by atoms with E-state index in [1.165, 1.54) is 19.1 Å². The van der Waals surface area contributed by atoms with Crippen LogP contribution >= 0.6 is 0 Å². The maximum Gasteiger partial charge on any atom is 0.164 e. The molecule has 0 aliphatic heterocycles. The first-order valence-electron chi connectivity index (χ1n) is 6.11. The van der Waals surface area contributed by atoms with E-state index < -0.39 is 17.7 Å². The summed E-state index contributed by atoms with van der Waals surface area (Å²) in [7, 11) is 0. The highest BCUT2D eigenvalue weighted by molar-refractivity contribution is 5.27. The molecular formula is C15H15F2NO. The predicted octanol–water partition coefficient (Wildman–Crippen LogP) is 3.33.